The van der Waals surface area contributed by atoms with Crippen molar-refractivity contribution in [3.05, 3.63) is 90.5 Å². The quantitative estimate of drug-likeness (QED) is 0.383. The molecule has 4 rings (SSSR count). The molecular weight excluding hydrogens is 380 g/mol. The van der Waals surface area contributed by atoms with Crippen LogP contribution in [0.1, 0.15) is 5.56 Å². The van der Waals surface area contributed by atoms with Crippen molar-refractivity contribution in [2.24, 2.45) is 4.99 Å². The van der Waals surface area contributed by atoms with E-state index in [9.17, 15) is 9.90 Å². The average molecular weight is 397 g/mol. The summed E-state index contributed by atoms with van der Waals surface area (Å²) >= 11 is 0. The summed E-state index contributed by atoms with van der Waals surface area (Å²) < 4.78 is 5.62. The van der Waals surface area contributed by atoms with Gasteiger partial charge in [-0.3, -0.25) is 0 Å². The third-order valence-corrected chi connectivity index (χ3v) is 6.83. The first kappa shape index (κ1) is 20.8. The number of aliphatic imine (C=N–C) groups is 1. The van der Waals surface area contributed by atoms with E-state index in [0.717, 1.165) is 10.9 Å². The predicted molar refractivity (Wildman–Crippen MR) is 106 cm³/mol. The monoisotopic (exact) mass is 397 g/mol. The largest absolute Gasteiger partial charge is 1.00 e. The molecule has 0 unspecified atom stereocenters. The van der Waals surface area contributed by atoms with E-state index < -0.39 is 19.9 Å². The first-order valence-corrected chi connectivity index (χ1v) is 9.99. The number of rotatable bonds is 5. The van der Waals surface area contributed by atoms with E-state index >= 15 is 0 Å². The summed E-state index contributed by atoms with van der Waals surface area (Å²) in [6, 6.07) is 27.6. The Bertz CT molecular complexity index is 940. The Labute approximate surface area is 187 Å². The van der Waals surface area contributed by atoms with Crippen molar-refractivity contribution in [1.29, 1.82) is 0 Å². The summed E-state index contributed by atoms with van der Waals surface area (Å²) in [4.78, 5) is 15.4. The fraction of sp³-hybridized carbons (Fsp3) is 0.0909. The van der Waals surface area contributed by atoms with Gasteiger partial charge in [0.25, 0.3) is 0 Å². The van der Waals surface area contributed by atoms with Crippen molar-refractivity contribution in [1.82, 2.24) is 0 Å². The number of carboxylic acid groups (broad SMARTS) is 1. The maximum Gasteiger partial charge on any atom is 1.00 e. The second-order valence-electron chi connectivity index (χ2n) is 6.10. The van der Waals surface area contributed by atoms with Crippen molar-refractivity contribution >= 4 is 35.7 Å². The first-order chi connectivity index (χ1) is 13.2. The van der Waals surface area contributed by atoms with Gasteiger partial charge in [0.05, 0.1) is 5.97 Å². The third-order valence-electron chi connectivity index (χ3n) is 4.33. The summed E-state index contributed by atoms with van der Waals surface area (Å²) in [6.45, 7) is 0.0145. The number of carbonyl (C=O) groups is 1. The molecule has 1 atom stereocenters. The zero-order chi connectivity index (χ0) is 18.6. The van der Waals surface area contributed by atoms with Crippen LogP contribution < -0.4 is 50.6 Å². The maximum atomic E-state index is 11.1. The molecule has 0 saturated heterocycles. The van der Waals surface area contributed by atoms with Gasteiger partial charge in [-0.25, -0.2) is 4.99 Å². The molecule has 0 bridgehead atoms. The fourth-order valence-electron chi connectivity index (χ4n) is 3.07. The van der Waals surface area contributed by atoms with Crippen molar-refractivity contribution in [2.75, 3.05) is 6.61 Å². The number of carboxylic acids is 1. The van der Waals surface area contributed by atoms with Crippen LogP contribution in [0.25, 0.3) is 0 Å². The van der Waals surface area contributed by atoms with Gasteiger partial charge in [-0.1, -0.05) is 78.9 Å². The Hall–Kier alpha value is -1.97. The Morgan fingerprint density at radius 3 is 1.96 bits per heavy atom. The first-order valence-electron chi connectivity index (χ1n) is 8.65. The maximum absolute atomic E-state index is 11.1. The molecule has 4 nitrogen and oxygen atoms in total. The van der Waals surface area contributed by atoms with Crippen LogP contribution in [0.4, 0.5) is 0 Å². The van der Waals surface area contributed by atoms with Gasteiger partial charge in [-0.05, 0) is 29.9 Å². The molecule has 6 heteroatoms. The van der Waals surface area contributed by atoms with Gasteiger partial charge in [-0.15, -0.1) is 0 Å². The molecule has 3 aromatic carbocycles. The molecule has 1 heterocycles. The molecule has 134 valence electrons. The number of aliphatic carboxylic acids is 1. The number of nitrogens with zero attached hydrogens (tertiary/aromatic N) is 1. The summed E-state index contributed by atoms with van der Waals surface area (Å²) in [5.41, 5.74) is 0.833. The van der Waals surface area contributed by atoms with Crippen LogP contribution in [-0.2, 0) is 9.53 Å². The SMILES string of the molecule is O=C([O-])[C@@H]1COC(c2ccccc2P(c2ccccc2)c2ccccc2)=N1.[Na+]. The zero-order valence-corrected chi connectivity index (χ0v) is 18.4. The summed E-state index contributed by atoms with van der Waals surface area (Å²) in [7, 11) is -0.836. The van der Waals surface area contributed by atoms with Gasteiger partial charge in [0, 0.05) is 5.56 Å². The molecule has 3 aromatic rings. The third kappa shape index (κ3) is 4.37. The van der Waals surface area contributed by atoms with E-state index in [4.69, 9.17) is 4.74 Å². The van der Waals surface area contributed by atoms with Gasteiger partial charge < -0.3 is 14.6 Å². The number of hydrogen-bond acceptors (Lipinski definition) is 4. The Balaban J connectivity index is 0.00000225. The van der Waals surface area contributed by atoms with Crippen LogP contribution in [0.3, 0.4) is 0 Å². The fourth-order valence-corrected chi connectivity index (χ4v) is 5.51. The van der Waals surface area contributed by atoms with Gasteiger partial charge in [0.1, 0.15) is 12.6 Å². The van der Waals surface area contributed by atoms with E-state index in [1.54, 1.807) is 0 Å². The second kappa shape index (κ2) is 9.49. The Morgan fingerprint density at radius 1 is 0.893 bits per heavy atom. The van der Waals surface area contributed by atoms with Gasteiger partial charge in [0.15, 0.2) is 0 Å². The van der Waals surface area contributed by atoms with Crippen molar-refractivity contribution in [3.8, 4) is 0 Å². The molecule has 0 amide bonds. The molecule has 0 spiro atoms. The summed E-state index contributed by atoms with van der Waals surface area (Å²) in [6.07, 6.45) is 0. The van der Waals surface area contributed by atoms with Crippen LogP contribution in [0, 0.1) is 0 Å². The van der Waals surface area contributed by atoms with Crippen molar-refractivity contribution in [2.45, 2.75) is 6.04 Å². The minimum atomic E-state index is -1.21. The van der Waals surface area contributed by atoms with E-state index in [1.807, 2.05) is 54.6 Å². The van der Waals surface area contributed by atoms with Crippen LogP contribution in [0.2, 0.25) is 0 Å². The van der Waals surface area contributed by atoms with E-state index in [0.29, 0.717) is 5.90 Å². The molecule has 0 aromatic heterocycles. The summed E-state index contributed by atoms with van der Waals surface area (Å²) in [5, 5.41) is 14.7. The molecule has 0 fully saturated rings. The van der Waals surface area contributed by atoms with Gasteiger partial charge >= 0.3 is 29.6 Å². The molecule has 0 saturated carbocycles. The molecule has 28 heavy (non-hydrogen) atoms. The number of ether oxygens (including phenoxy) is 1. The standard InChI is InChI=1S/C22H18NO3P.Na/c24-22(25)19-15-26-21(23-19)18-13-7-8-14-20(18)27(16-9-3-1-4-10-16)17-11-5-2-6-12-17;/h1-14,19H,15H2,(H,24,25);/q;+1/p-1/t19-;/m0./s1. The smallest absolute Gasteiger partial charge is 0.548 e. The van der Waals surface area contributed by atoms with Crippen molar-refractivity contribution in [3.63, 3.8) is 0 Å². The predicted octanol–water partition coefficient (Wildman–Crippen LogP) is -1.66. The Kier molecular flexibility index (Phi) is 7.03. The zero-order valence-electron chi connectivity index (χ0n) is 15.5. The van der Waals surface area contributed by atoms with Crippen LogP contribution in [0.15, 0.2) is 89.9 Å². The van der Waals surface area contributed by atoms with E-state index in [1.165, 1.54) is 10.6 Å². The van der Waals surface area contributed by atoms with E-state index in [-0.39, 0.29) is 36.2 Å². The minimum Gasteiger partial charge on any atom is -0.548 e. The Morgan fingerprint density at radius 2 is 1.43 bits per heavy atom. The molecular formula is C22H17NNaO3P. The minimum absolute atomic E-state index is 0. The summed E-state index contributed by atoms with van der Waals surface area (Å²) in [5.74, 6) is -0.838. The topological polar surface area (TPSA) is 61.7 Å². The molecule has 0 radical (unpaired) electrons. The second-order valence-corrected chi connectivity index (χ2v) is 8.29. The van der Waals surface area contributed by atoms with Crippen LogP contribution in [-0.4, -0.2) is 24.5 Å². The van der Waals surface area contributed by atoms with Crippen molar-refractivity contribution < 1.29 is 44.2 Å². The molecule has 0 aliphatic carbocycles. The average Bonchev–Trinajstić information content (AvgIpc) is 3.21. The van der Waals surface area contributed by atoms with Gasteiger partial charge in [-0.2, -0.15) is 0 Å². The normalized spacial score (nSPS) is 15.5. The van der Waals surface area contributed by atoms with Crippen LogP contribution >= 0.6 is 7.92 Å². The van der Waals surface area contributed by atoms with Gasteiger partial charge in [0.2, 0.25) is 5.90 Å². The number of carbonyl (C=O) groups excluding carboxylic acids is 1. The van der Waals surface area contributed by atoms with Crippen LogP contribution in [0.5, 0.6) is 0 Å². The molecule has 1 aliphatic heterocycles. The van der Waals surface area contributed by atoms with E-state index in [2.05, 4.69) is 35.3 Å². The molecule has 0 N–H and O–H groups in total. The number of benzene rings is 3. The number of hydrogen-bond donors (Lipinski definition) is 0. The molecule has 1 aliphatic rings.